The van der Waals surface area contributed by atoms with Crippen molar-refractivity contribution in [3.63, 3.8) is 0 Å². The Morgan fingerprint density at radius 3 is 2.09 bits per heavy atom. The van der Waals surface area contributed by atoms with Gasteiger partial charge in [0.1, 0.15) is 11.4 Å². The average Bonchev–Trinajstić information content (AvgIpc) is 2.53. The summed E-state index contributed by atoms with van der Waals surface area (Å²) in [6.07, 6.45) is 0. The quantitative estimate of drug-likeness (QED) is 0.862. The Bertz CT molecular complexity index is 694. The normalized spacial score (nSPS) is 11.1. The van der Waals surface area contributed by atoms with Crippen molar-refractivity contribution in [2.24, 2.45) is 0 Å². The summed E-state index contributed by atoms with van der Waals surface area (Å²) in [6.45, 7) is 2.87. The van der Waals surface area contributed by atoms with Crippen LogP contribution >= 0.6 is 0 Å². The SMILES string of the molecule is COc1cccc(C(=O)c2ccc(C(=O)C(C)(C)O)cc2)c1. The third kappa shape index (κ3) is 3.40. The molecule has 0 radical (unpaired) electrons. The molecule has 0 fully saturated rings. The van der Waals surface area contributed by atoms with Gasteiger partial charge in [-0.15, -0.1) is 0 Å². The zero-order valence-corrected chi connectivity index (χ0v) is 12.8. The standard InChI is InChI=1S/C18H18O4/c1-18(2,21)17(20)13-9-7-12(8-10-13)16(19)14-5-4-6-15(11-14)22-3/h4-11,21H,1-3H3. The summed E-state index contributed by atoms with van der Waals surface area (Å²) in [7, 11) is 1.54. The van der Waals surface area contributed by atoms with Crippen LogP contribution in [0, 0.1) is 0 Å². The molecule has 0 aromatic heterocycles. The molecule has 114 valence electrons. The van der Waals surface area contributed by atoms with E-state index in [-0.39, 0.29) is 11.6 Å². The van der Waals surface area contributed by atoms with Gasteiger partial charge in [-0.1, -0.05) is 36.4 Å². The first-order valence-corrected chi connectivity index (χ1v) is 6.89. The van der Waals surface area contributed by atoms with Crippen molar-refractivity contribution < 1.29 is 19.4 Å². The number of ketones is 2. The molecule has 0 aliphatic carbocycles. The van der Waals surface area contributed by atoms with Crippen LogP contribution in [0.4, 0.5) is 0 Å². The minimum absolute atomic E-state index is 0.152. The fourth-order valence-electron chi connectivity index (χ4n) is 2.06. The van der Waals surface area contributed by atoms with Gasteiger partial charge in [-0.25, -0.2) is 0 Å². The van der Waals surface area contributed by atoms with Crippen LogP contribution in [-0.4, -0.2) is 29.4 Å². The van der Waals surface area contributed by atoms with Crippen molar-refractivity contribution in [3.05, 3.63) is 65.2 Å². The minimum atomic E-state index is -1.43. The van der Waals surface area contributed by atoms with Gasteiger partial charge in [0.05, 0.1) is 7.11 Å². The summed E-state index contributed by atoms with van der Waals surface area (Å²) in [5.74, 6) is 0.0775. The fraction of sp³-hybridized carbons (Fsp3) is 0.222. The van der Waals surface area contributed by atoms with Crippen LogP contribution in [0.3, 0.4) is 0 Å². The molecule has 0 unspecified atom stereocenters. The number of hydrogen-bond donors (Lipinski definition) is 1. The Kier molecular flexibility index (Phi) is 4.43. The molecule has 0 aliphatic heterocycles. The van der Waals surface area contributed by atoms with Crippen molar-refractivity contribution in [1.29, 1.82) is 0 Å². The first-order chi connectivity index (χ1) is 10.3. The summed E-state index contributed by atoms with van der Waals surface area (Å²) >= 11 is 0. The summed E-state index contributed by atoms with van der Waals surface area (Å²) in [6, 6.07) is 13.2. The zero-order valence-electron chi connectivity index (χ0n) is 12.8. The molecule has 0 saturated carbocycles. The van der Waals surface area contributed by atoms with E-state index in [9.17, 15) is 14.7 Å². The predicted octanol–water partition coefficient (Wildman–Crippen LogP) is 2.88. The van der Waals surface area contributed by atoms with E-state index in [0.29, 0.717) is 22.4 Å². The highest BCUT2D eigenvalue weighted by molar-refractivity contribution is 6.10. The van der Waals surface area contributed by atoms with Gasteiger partial charge < -0.3 is 9.84 Å². The number of aliphatic hydroxyl groups is 1. The van der Waals surface area contributed by atoms with Gasteiger partial charge in [0.2, 0.25) is 0 Å². The molecule has 1 N–H and O–H groups in total. The lowest BCUT2D eigenvalue weighted by molar-refractivity contribution is 0.0488. The smallest absolute Gasteiger partial charge is 0.193 e. The molecule has 0 heterocycles. The molecule has 0 aliphatic rings. The first kappa shape index (κ1) is 15.9. The number of methoxy groups -OCH3 is 1. The van der Waals surface area contributed by atoms with Crippen molar-refractivity contribution in [2.75, 3.05) is 7.11 Å². The highest BCUT2D eigenvalue weighted by Gasteiger charge is 2.25. The maximum atomic E-state index is 12.4. The Balaban J connectivity index is 2.26. The number of benzene rings is 2. The van der Waals surface area contributed by atoms with Gasteiger partial charge in [-0.2, -0.15) is 0 Å². The second-order valence-corrected chi connectivity index (χ2v) is 5.53. The first-order valence-electron chi connectivity index (χ1n) is 6.89. The van der Waals surface area contributed by atoms with Crippen LogP contribution in [-0.2, 0) is 0 Å². The van der Waals surface area contributed by atoms with Crippen LogP contribution in [0.5, 0.6) is 5.75 Å². The molecule has 2 rings (SSSR count). The van der Waals surface area contributed by atoms with E-state index < -0.39 is 5.60 Å². The topological polar surface area (TPSA) is 63.6 Å². The maximum Gasteiger partial charge on any atom is 0.193 e. The van der Waals surface area contributed by atoms with E-state index in [4.69, 9.17) is 4.74 Å². The number of hydrogen-bond acceptors (Lipinski definition) is 4. The number of ether oxygens (including phenoxy) is 1. The third-order valence-electron chi connectivity index (χ3n) is 3.30. The molecule has 22 heavy (non-hydrogen) atoms. The average molecular weight is 298 g/mol. The molecule has 0 amide bonds. The molecule has 0 spiro atoms. The molecular weight excluding hydrogens is 280 g/mol. The number of carbonyl (C=O) groups excluding carboxylic acids is 2. The van der Waals surface area contributed by atoms with Gasteiger partial charge in [0.15, 0.2) is 11.6 Å². The molecule has 2 aromatic carbocycles. The van der Waals surface area contributed by atoms with Crippen LogP contribution in [0.2, 0.25) is 0 Å². The minimum Gasteiger partial charge on any atom is -0.497 e. The second-order valence-electron chi connectivity index (χ2n) is 5.53. The molecule has 0 atom stereocenters. The largest absolute Gasteiger partial charge is 0.497 e. The summed E-state index contributed by atoms with van der Waals surface area (Å²) in [5, 5.41) is 9.72. The van der Waals surface area contributed by atoms with E-state index in [0.717, 1.165) is 0 Å². The Morgan fingerprint density at radius 1 is 0.955 bits per heavy atom. The van der Waals surface area contributed by atoms with E-state index in [1.165, 1.54) is 13.8 Å². The molecule has 0 bridgehead atoms. The summed E-state index contributed by atoms with van der Waals surface area (Å²) in [4.78, 5) is 24.4. The fourth-order valence-corrected chi connectivity index (χ4v) is 2.06. The molecule has 4 heteroatoms. The maximum absolute atomic E-state index is 12.4. The van der Waals surface area contributed by atoms with Crippen molar-refractivity contribution in [1.82, 2.24) is 0 Å². The van der Waals surface area contributed by atoms with Gasteiger partial charge in [0, 0.05) is 16.7 Å². The zero-order chi connectivity index (χ0) is 16.3. The lowest BCUT2D eigenvalue weighted by Crippen LogP contribution is -2.31. The van der Waals surface area contributed by atoms with Crippen LogP contribution in [0.25, 0.3) is 0 Å². The molecule has 2 aromatic rings. The van der Waals surface area contributed by atoms with E-state index in [2.05, 4.69) is 0 Å². The van der Waals surface area contributed by atoms with E-state index in [1.54, 1.807) is 55.6 Å². The van der Waals surface area contributed by atoms with Crippen molar-refractivity contribution >= 4 is 11.6 Å². The monoisotopic (exact) mass is 298 g/mol. The van der Waals surface area contributed by atoms with E-state index >= 15 is 0 Å². The number of rotatable bonds is 5. The van der Waals surface area contributed by atoms with Crippen LogP contribution < -0.4 is 4.74 Å². The van der Waals surface area contributed by atoms with Gasteiger partial charge in [-0.3, -0.25) is 9.59 Å². The second kappa shape index (κ2) is 6.12. The van der Waals surface area contributed by atoms with Crippen LogP contribution in [0.15, 0.2) is 48.5 Å². The Morgan fingerprint density at radius 2 is 1.55 bits per heavy atom. The van der Waals surface area contributed by atoms with Gasteiger partial charge in [-0.05, 0) is 26.0 Å². The molecular formula is C18H18O4. The third-order valence-corrected chi connectivity index (χ3v) is 3.30. The van der Waals surface area contributed by atoms with Crippen molar-refractivity contribution in [2.45, 2.75) is 19.4 Å². The Labute approximate surface area is 129 Å². The van der Waals surface area contributed by atoms with Gasteiger partial charge >= 0.3 is 0 Å². The lowest BCUT2D eigenvalue weighted by Gasteiger charge is -2.15. The highest BCUT2D eigenvalue weighted by Crippen LogP contribution is 2.18. The van der Waals surface area contributed by atoms with Crippen LogP contribution in [0.1, 0.15) is 40.1 Å². The summed E-state index contributed by atoms with van der Waals surface area (Å²) in [5.41, 5.74) is -0.0747. The highest BCUT2D eigenvalue weighted by atomic mass is 16.5. The van der Waals surface area contributed by atoms with Gasteiger partial charge in [0.25, 0.3) is 0 Å². The molecule has 0 saturated heterocycles. The summed E-state index contributed by atoms with van der Waals surface area (Å²) < 4.78 is 5.10. The van der Waals surface area contributed by atoms with E-state index in [1.807, 2.05) is 0 Å². The number of Topliss-reactive ketones (excluding diaryl/α,β-unsaturated/α-hetero) is 1. The Hall–Kier alpha value is -2.46. The predicted molar refractivity (Wildman–Crippen MR) is 83.5 cm³/mol. The lowest BCUT2D eigenvalue weighted by atomic mass is 9.95. The van der Waals surface area contributed by atoms with Crippen molar-refractivity contribution in [3.8, 4) is 5.75 Å². The molecule has 4 nitrogen and oxygen atoms in total. The number of carbonyl (C=O) groups is 2.